The zero-order valence-electron chi connectivity index (χ0n) is 14.2. The smallest absolute Gasteiger partial charge is 0.387 e. The molecule has 0 atom stereocenters. The lowest BCUT2D eigenvalue weighted by Gasteiger charge is -2.11. The molecule has 0 aromatic heterocycles. The summed E-state index contributed by atoms with van der Waals surface area (Å²) >= 11 is 0. The Balaban J connectivity index is 1.94. The molecule has 0 fully saturated rings. The van der Waals surface area contributed by atoms with E-state index in [9.17, 15) is 13.6 Å². The quantitative estimate of drug-likeness (QED) is 0.775. The predicted octanol–water partition coefficient (Wildman–Crippen LogP) is 4.25. The lowest BCUT2D eigenvalue weighted by molar-refractivity contribution is -0.0501. The second-order valence-electron chi connectivity index (χ2n) is 5.91. The molecule has 0 spiro atoms. The molecular weight excluding hydrogens is 328 g/mol. The van der Waals surface area contributed by atoms with E-state index in [4.69, 9.17) is 4.74 Å². The van der Waals surface area contributed by atoms with E-state index in [1.807, 2.05) is 24.3 Å². The Morgan fingerprint density at radius 1 is 1.08 bits per heavy atom. The molecule has 0 aliphatic carbocycles. The molecule has 6 heteroatoms. The first-order valence-electron chi connectivity index (χ1n) is 7.99. The SMILES string of the molecule is CC(C)COc1ccc(CNC(=O)c2ccccc2OC(F)F)cc1. The summed E-state index contributed by atoms with van der Waals surface area (Å²) in [5, 5.41) is 2.69. The van der Waals surface area contributed by atoms with Crippen molar-refractivity contribution in [1.29, 1.82) is 0 Å². The molecule has 0 aliphatic rings. The summed E-state index contributed by atoms with van der Waals surface area (Å²) in [5.41, 5.74) is 0.942. The highest BCUT2D eigenvalue weighted by Gasteiger charge is 2.14. The van der Waals surface area contributed by atoms with Crippen LogP contribution >= 0.6 is 0 Å². The van der Waals surface area contributed by atoms with Crippen LogP contribution in [0.3, 0.4) is 0 Å². The molecule has 0 saturated carbocycles. The van der Waals surface area contributed by atoms with Crippen LogP contribution in [0.25, 0.3) is 0 Å². The third-order valence-electron chi connectivity index (χ3n) is 3.31. The van der Waals surface area contributed by atoms with Gasteiger partial charge in [0.05, 0.1) is 12.2 Å². The number of amides is 1. The molecule has 25 heavy (non-hydrogen) atoms. The van der Waals surface area contributed by atoms with E-state index in [0.717, 1.165) is 11.3 Å². The average Bonchev–Trinajstić information content (AvgIpc) is 2.58. The van der Waals surface area contributed by atoms with E-state index in [2.05, 4.69) is 23.9 Å². The molecule has 134 valence electrons. The van der Waals surface area contributed by atoms with Crippen LogP contribution in [-0.2, 0) is 6.54 Å². The Hall–Kier alpha value is -2.63. The number of rotatable bonds is 8. The number of hydrogen-bond donors (Lipinski definition) is 1. The Kier molecular flexibility index (Phi) is 6.74. The normalized spacial score (nSPS) is 10.8. The van der Waals surface area contributed by atoms with Crippen molar-refractivity contribution in [3.63, 3.8) is 0 Å². The number of para-hydroxylation sites is 1. The molecule has 2 aromatic rings. The lowest BCUT2D eigenvalue weighted by atomic mass is 10.1. The zero-order valence-corrected chi connectivity index (χ0v) is 14.2. The number of halogens is 2. The molecule has 0 unspecified atom stereocenters. The molecule has 2 aromatic carbocycles. The minimum atomic E-state index is -2.98. The van der Waals surface area contributed by atoms with Crippen LogP contribution in [-0.4, -0.2) is 19.1 Å². The van der Waals surface area contributed by atoms with Gasteiger partial charge in [-0.05, 0) is 35.7 Å². The van der Waals surface area contributed by atoms with Gasteiger partial charge in [-0.2, -0.15) is 8.78 Å². The van der Waals surface area contributed by atoms with Crippen molar-refractivity contribution in [3.8, 4) is 11.5 Å². The van der Waals surface area contributed by atoms with Gasteiger partial charge in [0, 0.05) is 6.54 Å². The van der Waals surface area contributed by atoms with Crippen molar-refractivity contribution >= 4 is 5.91 Å². The molecule has 4 nitrogen and oxygen atoms in total. The first-order valence-corrected chi connectivity index (χ1v) is 7.99. The highest BCUT2D eigenvalue weighted by molar-refractivity contribution is 5.96. The molecule has 0 bridgehead atoms. The first-order chi connectivity index (χ1) is 12.0. The number of ether oxygens (including phenoxy) is 2. The molecule has 0 saturated heterocycles. The zero-order chi connectivity index (χ0) is 18.2. The summed E-state index contributed by atoms with van der Waals surface area (Å²) in [5.74, 6) is 0.581. The summed E-state index contributed by atoms with van der Waals surface area (Å²) in [4.78, 5) is 12.2. The van der Waals surface area contributed by atoms with Crippen LogP contribution in [0.1, 0.15) is 29.8 Å². The van der Waals surface area contributed by atoms with E-state index in [-0.39, 0.29) is 17.9 Å². The summed E-state index contributed by atoms with van der Waals surface area (Å²) < 4.78 is 34.8. The van der Waals surface area contributed by atoms with Crippen molar-refractivity contribution in [3.05, 3.63) is 59.7 Å². The summed E-state index contributed by atoms with van der Waals surface area (Å²) in [7, 11) is 0. The maximum Gasteiger partial charge on any atom is 0.387 e. The minimum absolute atomic E-state index is 0.0692. The van der Waals surface area contributed by atoms with Crippen LogP contribution in [0.5, 0.6) is 11.5 Å². The van der Waals surface area contributed by atoms with Crippen LogP contribution < -0.4 is 14.8 Å². The molecule has 1 amide bonds. The van der Waals surface area contributed by atoms with Gasteiger partial charge in [0.15, 0.2) is 0 Å². The average molecular weight is 349 g/mol. The number of benzene rings is 2. The Bertz CT molecular complexity index is 687. The maximum atomic E-state index is 12.4. The van der Waals surface area contributed by atoms with Gasteiger partial charge in [-0.1, -0.05) is 38.1 Å². The van der Waals surface area contributed by atoms with Crippen LogP contribution in [0, 0.1) is 5.92 Å². The van der Waals surface area contributed by atoms with Crippen LogP contribution in [0.4, 0.5) is 8.78 Å². The molecule has 0 radical (unpaired) electrons. The van der Waals surface area contributed by atoms with Gasteiger partial charge >= 0.3 is 6.61 Å². The van der Waals surface area contributed by atoms with Crippen molar-refractivity contribution in [1.82, 2.24) is 5.32 Å². The number of alkyl halides is 2. The van der Waals surface area contributed by atoms with E-state index in [1.54, 1.807) is 6.07 Å². The summed E-state index contributed by atoms with van der Waals surface area (Å²) in [6.45, 7) is 2.06. The van der Waals surface area contributed by atoms with E-state index >= 15 is 0 Å². The molecule has 0 heterocycles. The fourth-order valence-corrected chi connectivity index (χ4v) is 2.10. The number of carbonyl (C=O) groups excluding carboxylic acids is 1. The highest BCUT2D eigenvalue weighted by Crippen LogP contribution is 2.20. The van der Waals surface area contributed by atoms with Gasteiger partial charge < -0.3 is 14.8 Å². The standard InChI is InChI=1S/C19H21F2NO3/c1-13(2)12-24-15-9-7-14(8-10-15)11-22-18(23)16-5-3-4-6-17(16)25-19(20)21/h3-10,13,19H,11-12H2,1-2H3,(H,22,23). The third kappa shape index (κ3) is 6.06. The fourth-order valence-electron chi connectivity index (χ4n) is 2.10. The Labute approximate surface area is 145 Å². The van der Waals surface area contributed by atoms with E-state index in [0.29, 0.717) is 12.5 Å². The van der Waals surface area contributed by atoms with Crippen LogP contribution in [0.15, 0.2) is 48.5 Å². The summed E-state index contributed by atoms with van der Waals surface area (Å²) in [6.07, 6.45) is 0. The Morgan fingerprint density at radius 2 is 1.76 bits per heavy atom. The second-order valence-corrected chi connectivity index (χ2v) is 5.91. The second kappa shape index (κ2) is 9.01. The molecular formula is C19H21F2NO3. The topological polar surface area (TPSA) is 47.6 Å². The number of hydrogen-bond acceptors (Lipinski definition) is 3. The lowest BCUT2D eigenvalue weighted by Crippen LogP contribution is -2.23. The molecule has 1 N–H and O–H groups in total. The fraction of sp³-hybridized carbons (Fsp3) is 0.316. The van der Waals surface area contributed by atoms with Crippen molar-refractivity contribution in [2.45, 2.75) is 27.0 Å². The van der Waals surface area contributed by atoms with Crippen molar-refractivity contribution < 1.29 is 23.0 Å². The summed E-state index contributed by atoms with van der Waals surface area (Å²) in [6, 6.07) is 13.3. The third-order valence-corrected chi connectivity index (χ3v) is 3.31. The van der Waals surface area contributed by atoms with E-state index < -0.39 is 12.5 Å². The van der Waals surface area contributed by atoms with Gasteiger partial charge in [-0.15, -0.1) is 0 Å². The monoisotopic (exact) mass is 349 g/mol. The van der Waals surface area contributed by atoms with Gasteiger partial charge in [0.1, 0.15) is 11.5 Å². The van der Waals surface area contributed by atoms with Gasteiger partial charge in [0.25, 0.3) is 5.91 Å². The van der Waals surface area contributed by atoms with Crippen molar-refractivity contribution in [2.24, 2.45) is 5.92 Å². The number of carbonyl (C=O) groups is 1. The van der Waals surface area contributed by atoms with Gasteiger partial charge in [-0.25, -0.2) is 0 Å². The highest BCUT2D eigenvalue weighted by atomic mass is 19.3. The first kappa shape index (κ1) is 18.7. The largest absolute Gasteiger partial charge is 0.493 e. The predicted molar refractivity (Wildman–Crippen MR) is 91.0 cm³/mol. The Morgan fingerprint density at radius 3 is 2.40 bits per heavy atom. The molecule has 0 aliphatic heterocycles. The van der Waals surface area contributed by atoms with Gasteiger partial charge in [0.2, 0.25) is 0 Å². The van der Waals surface area contributed by atoms with Crippen molar-refractivity contribution in [2.75, 3.05) is 6.61 Å². The molecule has 2 rings (SSSR count). The van der Waals surface area contributed by atoms with Crippen LogP contribution in [0.2, 0.25) is 0 Å². The minimum Gasteiger partial charge on any atom is -0.493 e. The maximum absolute atomic E-state index is 12.4. The number of nitrogens with one attached hydrogen (secondary N) is 1. The van der Waals surface area contributed by atoms with E-state index in [1.165, 1.54) is 18.2 Å². The van der Waals surface area contributed by atoms with Gasteiger partial charge in [-0.3, -0.25) is 4.79 Å².